The molecule has 0 radical (unpaired) electrons. The van der Waals surface area contributed by atoms with E-state index in [-0.39, 0.29) is 5.82 Å². The number of aryl methyl sites for hydroxylation is 2. The zero-order valence-corrected chi connectivity index (χ0v) is 14.5. The van der Waals surface area contributed by atoms with E-state index >= 15 is 0 Å². The van der Waals surface area contributed by atoms with Crippen molar-refractivity contribution in [3.63, 3.8) is 0 Å². The molecule has 0 aliphatic carbocycles. The Morgan fingerprint density at radius 3 is 2.50 bits per heavy atom. The monoisotopic (exact) mass is 400 g/mol. The molecule has 0 aliphatic rings. The quantitative estimate of drug-likeness (QED) is 0.599. The highest BCUT2D eigenvalue weighted by Crippen LogP contribution is 2.30. The summed E-state index contributed by atoms with van der Waals surface area (Å²) in [6, 6.07) is 8.80. The summed E-state index contributed by atoms with van der Waals surface area (Å²) in [5.41, 5.74) is 4.03. The van der Waals surface area contributed by atoms with E-state index in [1.807, 2.05) is 26.0 Å². The summed E-state index contributed by atoms with van der Waals surface area (Å²) in [5, 5.41) is 0.713. The lowest BCUT2D eigenvalue weighted by molar-refractivity contribution is 0.300. The molecule has 0 fully saturated rings. The van der Waals surface area contributed by atoms with Crippen molar-refractivity contribution in [1.82, 2.24) is 0 Å². The standard InChI is InChI=1S/C16H15Br2FO/c1-10-3-4-15(19)7-13(10)9-20-16-11(2)5-14(18)6-12(16)8-17/h3-7H,8-9H2,1-2H3. The minimum Gasteiger partial charge on any atom is -0.488 e. The van der Waals surface area contributed by atoms with Gasteiger partial charge in [0.05, 0.1) is 0 Å². The number of alkyl halides is 1. The number of hydrogen-bond acceptors (Lipinski definition) is 1. The van der Waals surface area contributed by atoms with Crippen LogP contribution in [0.4, 0.5) is 4.39 Å². The molecule has 0 heterocycles. The largest absolute Gasteiger partial charge is 0.488 e. The normalized spacial score (nSPS) is 10.7. The van der Waals surface area contributed by atoms with Gasteiger partial charge in [-0.15, -0.1) is 0 Å². The maximum atomic E-state index is 13.3. The lowest BCUT2D eigenvalue weighted by Crippen LogP contribution is -2.02. The Kier molecular flexibility index (Phi) is 5.22. The lowest BCUT2D eigenvalue weighted by Gasteiger charge is -2.15. The summed E-state index contributed by atoms with van der Waals surface area (Å²) < 4.78 is 20.2. The molecule has 1 nitrogen and oxygen atoms in total. The molecule has 106 valence electrons. The third kappa shape index (κ3) is 3.61. The Hall–Kier alpha value is -0.870. The highest BCUT2D eigenvalue weighted by atomic mass is 79.9. The van der Waals surface area contributed by atoms with E-state index in [4.69, 9.17) is 4.74 Å². The van der Waals surface area contributed by atoms with Crippen molar-refractivity contribution in [2.45, 2.75) is 25.8 Å². The molecule has 0 amide bonds. The zero-order valence-electron chi connectivity index (χ0n) is 11.3. The first-order chi connectivity index (χ1) is 9.51. The molecule has 0 atom stereocenters. The van der Waals surface area contributed by atoms with Crippen LogP contribution in [0, 0.1) is 19.7 Å². The number of rotatable bonds is 4. The second-order valence-electron chi connectivity index (χ2n) is 4.70. The van der Waals surface area contributed by atoms with Gasteiger partial charge in [0.1, 0.15) is 18.2 Å². The fourth-order valence-electron chi connectivity index (χ4n) is 2.05. The number of halogens is 3. The van der Waals surface area contributed by atoms with Crippen molar-refractivity contribution in [3.8, 4) is 5.75 Å². The molecule has 0 aromatic heterocycles. The molecule has 0 bridgehead atoms. The Morgan fingerprint density at radius 2 is 1.80 bits per heavy atom. The number of hydrogen-bond donors (Lipinski definition) is 0. The van der Waals surface area contributed by atoms with Crippen LogP contribution in [0.15, 0.2) is 34.8 Å². The average Bonchev–Trinajstić information content (AvgIpc) is 2.40. The summed E-state index contributed by atoms with van der Waals surface area (Å²) >= 11 is 6.95. The Morgan fingerprint density at radius 1 is 1.05 bits per heavy atom. The first-order valence-corrected chi connectivity index (χ1v) is 8.15. The van der Waals surface area contributed by atoms with Gasteiger partial charge in [-0.3, -0.25) is 0 Å². The van der Waals surface area contributed by atoms with E-state index in [0.29, 0.717) is 11.9 Å². The van der Waals surface area contributed by atoms with Gasteiger partial charge in [-0.25, -0.2) is 4.39 Å². The Balaban J connectivity index is 2.25. The van der Waals surface area contributed by atoms with Gasteiger partial charge in [0.2, 0.25) is 0 Å². The van der Waals surface area contributed by atoms with Crippen LogP contribution in [0.2, 0.25) is 0 Å². The molecule has 0 spiro atoms. The third-order valence-corrected chi connectivity index (χ3v) is 4.21. The fraction of sp³-hybridized carbons (Fsp3) is 0.250. The maximum absolute atomic E-state index is 13.3. The third-order valence-electron chi connectivity index (χ3n) is 3.14. The highest BCUT2D eigenvalue weighted by Gasteiger charge is 2.09. The van der Waals surface area contributed by atoms with Crippen LogP contribution < -0.4 is 4.74 Å². The van der Waals surface area contributed by atoms with Crippen LogP contribution in [-0.2, 0) is 11.9 Å². The summed E-state index contributed by atoms with van der Waals surface area (Å²) in [7, 11) is 0. The molecule has 2 aromatic carbocycles. The Bertz CT molecular complexity index is 626. The molecule has 0 aliphatic heterocycles. The molecule has 0 saturated carbocycles. The molecule has 0 N–H and O–H groups in total. The molecule has 2 rings (SSSR count). The van der Waals surface area contributed by atoms with Crippen molar-refractivity contribution in [3.05, 3.63) is 62.9 Å². The molecule has 20 heavy (non-hydrogen) atoms. The van der Waals surface area contributed by atoms with E-state index in [2.05, 4.69) is 31.9 Å². The van der Waals surface area contributed by atoms with E-state index in [1.165, 1.54) is 12.1 Å². The van der Waals surface area contributed by atoms with Crippen molar-refractivity contribution in [2.75, 3.05) is 0 Å². The molecule has 0 unspecified atom stereocenters. The van der Waals surface area contributed by atoms with Crippen molar-refractivity contribution in [1.29, 1.82) is 0 Å². The average molecular weight is 402 g/mol. The van der Waals surface area contributed by atoms with Crippen LogP contribution in [0.25, 0.3) is 0 Å². The topological polar surface area (TPSA) is 9.23 Å². The first kappa shape index (κ1) is 15.5. The fourth-order valence-corrected chi connectivity index (χ4v) is 3.09. The van der Waals surface area contributed by atoms with E-state index in [0.717, 1.165) is 32.5 Å². The van der Waals surface area contributed by atoms with Gasteiger partial charge in [-0.2, -0.15) is 0 Å². The lowest BCUT2D eigenvalue weighted by atomic mass is 10.1. The van der Waals surface area contributed by atoms with E-state index < -0.39 is 0 Å². The van der Waals surface area contributed by atoms with Crippen LogP contribution in [0.5, 0.6) is 5.75 Å². The molecule has 0 saturated heterocycles. The molecular weight excluding hydrogens is 387 g/mol. The summed E-state index contributed by atoms with van der Waals surface area (Å²) in [6.45, 7) is 4.33. The number of ether oxygens (including phenoxy) is 1. The van der Waals surface area contributed by atoms with Gasteiger partial charge < -0.3 is 4.74 Å². The van der Waals surface area contributed by atoms with Crippen molar-refractivity contribution >= 4 is 31.9 Å². The van der Waals surface area contributed by atoms with Crippen LogP contribution in [0.3, 0.4) is 0 Å². The van der Waals surface area contributed by atoms with Crippen LogP contribution in [0.1, 0.15) is 22.3 Å². The minimum atomic E-state index is -0.234. The van der Waals surface area contributed by atoms with Crippen molar-refractivity contribution < 1.29 is 9.13 Å². The molecule has 4 heteroatoms. The summed E-state index contributed by atoms with van der Waals surface area (Å²) in [6.07, 6.45) is 0. The van der Waals surface area contributed by atoms with Crippen LogP contribution >= 0.6 is 31.9 Å². The van der Waals surface area contributed by atoms with E-state index in [1.54, 1.807) is 6.07 Å². The van der Waals surface area contributed by atoms with Crippen LogP contribution in [-0.4, -0.2) is 0 Å². The molecule has 2 aromatic rings. The first-order valence-electron chi connectivity index (χ1n) is 6.24. The predicted octanol–water partition coefficient (Wildman–Crippen LogP) is 5.68. The smallest absolute Gasteiger partial charge is 0.126 e. The van der Waals surface area contributed by atoms with Gasteiger partial charge in [-0.05, 0) is 54.8 Å². The van der Waals surface area contributed by atoms with E-state index in [9.17, 15) is 4.39 Å². The Labute approximate surface area is 135 Å². The van der Waals surface area contributed by atoms with Gasteiger partial charge >= 0.3 is 0 Å². The summed E-state index contributed by atoms with van der Waals surface area (Å²) in [4.78, 5) is 0. The van der Waals surface area contributed by atoms with Gasteiger partial charge in [-0.1, -0.05) is 37.9 Å². The second kappa shape index (κ2) is 6.72. The molecular formula is C16H15Br2FO. The highest BCUT2D eigenvalue weighted by molar-refractivity contribution is 9.10. The van der Waals surface area contributed by atoms with Gasteiger partial charge in [0.15, 0.2) is 0 Å². The van der Waals surface area contributed by atoms with Gasteiger partial charge in [0, 0.05) is 15.4 Å². The number of benzene rings is 2. The van der Waals surface area contributed by atoms with Crippen molar-refractivity contribution in [2.24, 2.45) is 0 Å². The minimum absolute atomic E-state index is 0.234. The predicted molar refractivity (Wildman–Crippen MR) is 87.0 cm³/mol. The zero-order chi connectivity index (χ0) is 14.7. The second-order valence-corrected chi connectivity index (χ2v) is 6.18. The van der Waals surface area contributed by atoms with Gasteiger partial charge in [0.25, 0.3) is 0 Å². The SMILES string of the molecule is Cc1ccc(F)cc1COc1c(C)cc(Br)cc1CBr. The maximum Gasteiger partial charge on any atom is 0.126 e. The summed E-state index contributed by atoms with van der Waals surface area (Å²) in [5.74, 6) is 0.621.